The molecule has 100 valence electrons. The molecule has 2 saturated heterocycles. The molecule has 2 aliphatic rings. The summed E-state index contributed by atoms with van der Waals surface area (Å²) in [6.45, 7) is 1.96. The number of aliphatic hydroxyl groups is 1. The quantitative estimate of drug-likeness (QED) is 0.529. The molecule has 2 heterocycles. The summed E-state index contributed by atoms with van der Waals surface area (Å²) in [6, 6.07) is 0. The van der Waals surface area contributed by atoms with Crippen LogP contribution in [0.5, 0.6) is 0 Å². The monoisotopic (exact) mass is 257 g/mol. The molecule has 0 aromatic carbocycles. The smallest absolute Gasteiger partial charge is 0.371 e. The van der Waals surface area contributed by atoms with E-state index in [-0.39, 0.29) is 0 Å². The van der Waals surface area contributed by atoms with Crippen molar-refractivity contribution in [3.8, 4) is 0 Å². The Hall–Kier alpha value is -1.60. The maximum Gasteiger partial charge on any atom is 0.371 e. The number of likely N-dealkylation sites (tertiary alicyclic amines) is 1. The lowest BCUT2D eigenvalue weighted by Crippen LogP contribution is -2.47. The molecule has 0 bridgehead atoms. The van der Waals surface area contributed by atoms with Crippen LogP contribution in [-0.4, -0.2) is 59.1 Å². The van der Waals surface area contributed by atoms with Crippen molar-refractivity contribution < 1.29 is 29.3 Å². The van der Waals surface area contributed by atoms with E-state index in [0.29, 0.717) is 39.1 Å². The molecule has 2 rings (SSSR count). The van der Waals surface area contributed by atoms with Gasteiger partial charge in [0.1, 0.15) is 0 Å². The van der Waals surface area contributed by atoms with Gasteiger partial charge in [0, 0.05) is 25.9 Å². The Labute approximate surface area is 104 Å². The number of amides is 1. The number of carboxylic acids is 1. The van der Waals surface area contributed by atoms with Crippen molar-refractivity contribution in [3.63, 3.8) is 0 Å². The van der Waals surface area contributed by atoms with Gasteiger partial charge < -0.3 is 24.6 Å². The third kappa shape index (κ3) is 2.62. The van der Waals surface area contributed by atoms with Gasteiger partial charge in [0.15, 0.2) is 5.79 Å². The zero-order chi connectivity index (χ0) is 13.2. The van der Waals surface area contributed by atoms with E-state index in [0.717, 1.165) is 6.08 Å². The van der Waals surface area contributed by atoms with E-state index in [1.165, 1.54) is 4.90 Å². The Balaban J connectivity index is 1.91. The lowest BCUT2D eigenvalue weighted by atomic mass is 10.0. The maximum absolute atomic E-state index is 11.7. The number of rotatable bonds is 2. The number of carbonyl (C=O) groups is 2. The highest BCUT2D eigenvalue weighted by Crippen LogP contribution is 2.31. The number of hydrogen-bond donors (Lipinski definition) is 2. The Morgan fingerprint density at radius 2 is 1.67 bits per heavy atom. The number of aliphatic hydroxyl groups excluding tert-OH is 1. The molecule has 2 fully saturated rings. The van der Waals surface area contributed by atoms with Crippen molar-refractivity contribution in [2.45, 2.75) is 18.6 Å². The predicted molar refractivity (Wildman–Crippen MR) is 58.8 cm³/mol. The van der Waals surface area contributed by atoms with Crippen molar-refractivity contribution in [1.82, 2.24) is 4.90 Å². The van der Waals surface area contributed by atoms with Crippen molar-refractivity contribution in [3.05, 3.63) is 11.8 Å². The molecule has 0 atom stereocenters. The summed E-state index contributed by atoms with van der Waals surface area (Å²) in [6.07, 6.45) is 1.83. The molecule has 0 saturated carbocycles. The molecule has 0 aromatic rings. The minimum absolute atomic E-state index is 0.419. The average Bonchev–Trinajstić information content (AvgIpc) is 2.78. The highest BCUT2D eigenvalue weighted by molar-refractivity contribution is 5.96. The van der Waals surface area contributed by atoms with Crippen LogP contribution in [0.15, 0.2) is 11.8 Å². The van der Waals surface area contributed by atoms with Crippen LogP contribution in [0.25, 0.3) is 0 Å². The summed E-state index contributed by atoms with van der Waals surface area (Å²) in [5.41, 5.74) is 0. The molecular weight excluding hydrogens is 242 g/mol. The highest BCUT2D eigenvalue weighted by Gasteiger charge is 2.40. The number of nitrogens with zero attached hydrogens (tertiary/aromatic N) is 1. The summed E-state index contributed by atoms with van der Waals surface area (Å²) in [5.74, 6) is -3.55. The van der Waals surface area contributed by atoms with Gasteiger partial charge in [-0.3, -0.25) is 4.79 Å². The van der Waals surface area contributed by atoms with Crippen LogP contribution in [-0.2, 0) is 19.1 Å². The van der Waals surface area contributed by atoms with E-state index in [1.54, 1.807) is 0 Å². The Kier molecular flexibility index (Phi) is 3.53. The summed E-state index contributed by atoms with van der Waals surface area (Å²) in [5, 5.41) is 17.5. The van der Waals surface area contributed by atoms with E-state index in [4.69, 9.17) is 19.7 Å². The Morgan fingerprint density at radius 1 is 1.11 bits per heavy atom. The number of piperidine rings is 1. The second-order valence-corrected chi connectivity index (χ2v) is 4.27. The molecule has 2 N–H and O–H groups in total. The molecule has 2 aliphatic heterocycles. The fraction of sp³-hybridized carbons (Fsp3) is 0.636. The number of hydrogen-bond acceptors (Lipinski definition) is 5. The van der Waals surface area contributed by atoms with Gasteiger partial charge in [0.2, 0.25) is 5.76 Å². The molecule has 1 amide bonds. The minimum Gasteiger partial charge on any atom is -0.502 e. The van der Waals surface area contributed by atoms with Crippen molar-refractivity contribution in [1.29, 1.82) is 0 Å². The molecule has 0 aliphatic carbocycles. The third-order valence-corrected chi connectivity index (χ3v) is 3.13. The standard InChI is InChI=1S/C11H15NO6/c13-8(10(15)16)7-9(14)12-3-1-11(2-4-12)17-5-6-18-11/h7,13H,1-6H2,(H,15,16)/b8-7-. The average molecular weight is 257 g/mol. The van der Waals surface area contributed by atoms with Crippen LogP contribution >= 0.6 is 0 Å². The van der Waals surface area contributed by atoms with E-state index >= 15 is 0 Å². The SMILES string of the molecule is O=C(O)/C(O)=C/C(=O)N1CCC2(CC1)OCCO2. The topological polar surface area (TPSA) is 96.3 Å². The molecule has 0 radical (unpaired) electrons. The second-order valence-electron chi connectivity index (χ2n) is 4.27. The van der Waals surface area contributed by atoms with E-state index in [9.17, 15) is 9.59 Å². The third-order valence-electron chi connectivity index (χ3n) is 3.13. The van der Waals surface area contributed by atoms with Gasteiger partial charge in [-0.2, -0.15) is 0 Å². The second kappa shape index (κ2) is 4.95. The largest absolute Gasteiger partial charge is 0.502 e. The van der Waals surface area contributed by atoms with Crippen LogP contribution < -0.4 is 0 Å². The zero-order valence-corrected chi connectivity index (χ0v) is 9.79. The van der Waals surface area contributed by atoms with Gasteiger partial charge in [-0.15, -0.1) is 0 Å². The number of carbonyl (C=O) groups excluding carboxylic acids is 1. The Bertz CT molecular complexity index is 375. The Morgan fingerprint density at radius 3 is 2.17 bits per heavy atom. The van der Waals surface area contributed by atoms with E-state index in [2.05, 4.69) is 0 Å². The molecule has 7 nitrogen and oxygen atoms in total. The zero-order valence-electron chi connectivity index (χ0n) is 9.79. The van der Waals surface area contributed by atoms with Gasteiger partial charge in [-0.05, 0) is 0 Å². The van der Waals surface area contributed by atoms with Crippen LogP contribution in [0, 0.1) is 0 Å². The first-order valence-corrected chi connectivity index (χ1v) is 5.73. The first kappa shape index (κ1) is 12.8. The molecule has 1 spiro atoms. The van der Waals surface area contributed by atoms with Crippen LogP contribution in [0.3, 0.4) is 0 Å². The van der Waals surface area contributed by atoms with Crippen LogP contribution in [0.2, 0.25) is 0 Å². The lowest BCUT2D eigenvalue weighted by molar-refractivity contribution is -0.186. The van der Waals surface area contributed by atoms with Crippen molar-refractivity contribution in [2.75, 3.05) is 26.3 Å². The van der Waals surface area contributed by atoms with Gasteiger partial charge in [-0.25, -0.2) is 4.79 Å². The van der Waals surface area contributed by atoms with Gasteiger partial charge >= 0.3 is 5.97 Å². The van der Waals surface area contributed by atoms with E-state index in [1.807, 2.05) is 0 Å². The van der Waals surface area contributed by atoms with Gasteiger partial charge in [0.25, 0.3) is 5.91 Å². The predicted octanol–water partition coefficient (Wildman–Crippen LogP) is -0.122. The minimum atomic E-state index is -1.51. The number of aliphatic carboxylic acids is 1. The molecular formula is C11H15NO6. The van der Waals surface area contributed by atoms with Crippen LogP contribution in [0.4, 0.5) is 0 Å². The fourth-order valence-electron chi connectivity index (χ4n) is 2.12. The summed E-state index contributed by atoms with van der Waals surface area (Å²) >= 11 is 0. The molecule has 18 heavy (non-hydrogen) atoms. The lowest BCUT2D eigenvalue weighted by Gasteiger charge is -2.37. The van der Waals surface area contributed by atoms with Gasteiger partial charge in [0.05, 0.1) is 19.3 Å². The molecule has 0 unspecified atom stereocenters. The summed E-state index contributed by atoms with van der Waals surface area (Å²) in [4.78, 5) is 23.5. The normalized spacial score (nSPS) is 23.3. The van der Waals surface area contributed by atoms with Crippen molar-refractivity contribution >= 4 is 11.9 Å². The fourth-order valence-corrected chi connectivity index (χ4v) is 2.12. The van der Waals surface area contributed by atoms with E-state index < -0.39 is 23.4 Å². The first-order valence-electron chi connectivity index (χ1n) is 5.73. The summed E-state index contributed by atoms with van der Waals surface area (Å²) < 4.78 is 11.0. The van der Waals surface area contributed by atoms with Gasteiger partial charge in [-0.1, -0.05) is 0 Å². The molecule has 7 heteroatoms. The number of ether oxygens (including phenoxy) is 2. The van der Waals surface area contributed by atoms with Crippen molar-refractivity contribution in [2.24, 2.45) is 0 Å². The summed E-state index contributed by atoms with van der Waals surface area (Å²) in [7, 11) is 0. The van der Waals surface area contributed by atoms with Crippen LogP contribution in [0.1, 0.15) is 12.8 Å². The number of carboxylic acid groups (broad SMARTS) is 1. The molecule has 0 aromatic heterocycles. The maximum atomic E-state index is 11.7. The highest BCUT2D eigenvalue weighted by atomic mass is 16.7. The first-order chi connectivity index (χ1) is 8.52.